The molecule has 0 spiro atoms. The van der Waals surface area contributed by atoms with Crippen molar-refractivity contribution in [3.63, 3.8) is 0 Å². The van der Waals surface area contributed by atoms with Crippen LogP contribution in [0.15, 0.2) is 12.7 Å². The lowest BCUT2D eigenvalue weighted by atomic mass is 9.91. The normalized spacial score (nSPS) is 23.2. The molecule has 1 rings (SSSR count). The van der Waals surface area contributed by atoms with Crippen LogP contribution in [0, 0.1) is 5.92 Å². The van der Waals surface area contributed by atoms with Crippen molar-refractivity contribution >= 4 is 0 Å². The van der Waals surface area contributed by atoms with Gasteiger partial charge in [-0.2, -0.15) is 0 Å². The Labute approximate surface area is 64.3 Å². The molecule has 0 amide bonds. The third-order valence-corrected chi connectivity index (χ3v) is 2.48. The van der Waals surface area contributed by atoms with E-state index in [0.717, 1.165) is 5.92 Å². The highest BCUT2D eigenvalue weighted by atomic mass is 14.1. The van der Waals surface area contributed by atoms with Crippen LogP contribution in [-0.2, 0) is 0 Å². The first-order chi connectivity index (χ1) is 4.93. The van der Waals surface area contributed by atoms with E-state index < -0.39 is 0 Å². The molecule has 0 aliphatic heterocycles. The van der Waals surface area contributed by atoms with Crippen molar-refractivity contribution in [2.75, 3.05) is 0 Å². The van der Waals surface area contributed by atoms with E-state index in [0.29, 0.717) is 0 Å². The van der Waals surface area contributed by atoms with Crippen molar-refractivity contribution in [2.45, 2.75) is 44.9 Å². The highest BCUT2D eigenvalue weighted by molar-refractivity contribution is 4.79. The molecule has 1 aliphatic rings. The summed E-state index contributed by atoms with van der Waals surface area (Å²) in [6.45, 7) is 3.86. The maximum Gasteiger partial charge on any atom is -0.0236 e. The fourth-order valence-electron chi connectivity index (χ4n) is 1.72. The second kappa shape index (κ2) is 4.54. The van der Waals surface area contributed by atoms with E-state index in [1.807, 2.05) is 0 Å². The zero-order valence-corrected chi connectivity index (χ0v) is 6.81. The van der Waals surface area contributed by atoms with Gasteiger partial charge in [-0.3, -0.25) is 0 Å². The smallest absolute Gasteiger partial charge is 0.0236 e. The average Bonchev–Trinajstić information content (AvgIpc) is 1.87. The molecule has 58 valence electrons. The zero-order valence-electron chi connectivity index (χ0n) is 6.81. The molecule has 1 saturated carbocycles. The molecule has 0 radical (unpaired) electrons. The van der Waals surface area contributed by atoms with Crippen molar-refractivity contribution in [3.8, 4) is 0 Å². The predicted molar refractivity (Wildman–Crippen MR) is 46.0 cm³/mol. The van der Waals surface area contributed by atoms with Gasteiger partial charge in [-0.25, -0.2) is 0 Å². The van der Waals surface area contributed by atoms with Crippen molar-refractivity contribution in [3.05, 3.63) is 12.7 Å². The van der Waals surface area contributed by atoms with Crippen LogP contribution in [0.1, 0.15) is 44.9 Å². The molecular weight excluding hydrogens is 120 g/mol. The Morgan fingerprint density at radius 1 is 0.900 bits per heavy atom. The average molecular weight is 138 g/mol. The molecule has 0 aromatic heterocycles. The Kier molecular flexibility index (Phi) is 3.56. The minimum absolute atomic E-state index is 0.834. The zero-order chi connectivity index (χ0) is 7.23. The largest absolute Gasteiger partial charge is 0.103 e. The van der Waals surface area contributed by atoms with Crippen LogP contribution in [0.4, 0.5) is 0 Å². The topological polar surface area (TPSA) is 0 Å². The quantitative estimate of drug-likeness (QED) is 0.486. The van der Waals surface area contributed by atoms with E-state index in [2.05, 4.69) is 12.7 Å². The first-order valence-corrected chi connectivity index (χ1v) is 4.56. The van der Waals surface area contributed by atoms with Crippen LogP contribution in [-0.4, -0.2) is 0 Å². The van der Waals surface area contributed by atoms with Gasteiger partial charge in [-0.05, 0) is 18.8 Å². The molecule has 1 aliphatic carbocycles. The third-order valence-electron chi connectivity index (χ3n) is 2.48. The molecular formula is C10H18. The summed E-state index contributed by atoms with van der Waals surface area (Å²) in [5.41, 5.74) is 0. The molecule has 0 unspecified atom stereocenters. The fraction of sp³-hybridized carbons (Fsp3) is 0.800. The fourth-order valence-corrected chi connectivity index (χ4v) is 1.72. The Morgan fingerprint density at radius 3 is 1.90 bits per heavy atom. The molecule has 0 aromatic rings. The highest BCUT2D eigenvalue weighted by Gasteiger charge is 2.06. The SMILES string of the molecule is C=CC1CCCCCCC1. The molecule has 0 N–H and O–H groups in total. The van der Waals surface area contributed by atoms with Crippen LogP contribution in [0.5, 0.6) is 0 Å². The van der Waals surface area contributed by atoms with E-state index in [1.165, 1.54) is 44.9 Å². The van der Waals surface area contributed by atoms with E-state index in [9.17, 15) is 0 Å². The van der Waals surface area contributed by atoms with Gasteiger partial charge in [0.1, 0.15) is 0 Å². The summed E-state index contributed by atoms with van der Waals surface area (Å²) >= 11 is 0. The van der Waals surface area contributed by atoms with Crippen LogP contribution in [0.25, 0.3) is 0 Å². The lowest BCUT2D eigenvalue weighted by Crippen LogP contribution is -1.99. The summed E-state index contributed by atoms with van der Waals surface area (Å²) in [6.07, 6.45) is 12.1. The Hall–Kier alpha value is -0.260. The third kappa shape index (κ3) is 2.55. The molecule has 1 fully saturated rings. The summed E-state index contributed by atoms with van der Waals surface area (Å²) in [5.74, 6) is 0.834. The van der Waals surface area contributed by atoms with E-state index >= 15 is 0 Å². The highest BCUT2D eigenvalue weighted by Crippen LogP contribution is 2.22. The molecule has 0 nitrogen and oxygen atoms in total. The minimum atomic E-state index is 0.834. The van der Waals surface area contributed by atoms with Gasteiger partial charge in [0.2, 0.25) is 0 Å². The number of hydrogen-bond acceptors (Lipinski definition) is 0. The summed E-state index contributed by atoms with van der Waals surface area (Å²) in [6, 6.07) is 0. The predicted octanol–water partition coefficient (Wildman–Crippen LogP) is 3.53. The lowest BCUT2D eigenvalue weighted by Gasteiger charge is -2.14. The first-order valence-electron chi connectivity index (χ1n) is 4.56. The van der Waals surface area contributed by atoms with Crippen LogP contribution >= 0.6 is 0 Å². The molecule has 10 heavy (non-hydrogen) atoms. The number of allylic oxidation sites excluding steroid dienone is 1. The Bertz CT molecular complexity index is 86.2. The van der Waals surface area contributed by atoms with Gasteiger partial charge < -0.3 is 0 Å². The second-order valence-corrected chi connectivity index (χ2v) is 3.34. The maximum atomic E-state index is 3.86. The molecule has 0 atom stereocenters. The van der Waals surface area contributed by atoms with Gasteiger partial charge in [0.05, 0.1) is 0 Å². The molecule has 0 heterocycles. The van der Waals surface area contributed by atoms with E-state index in [-0.39, 0.29) is 0 Å². The van der Waals surface area contributed by atoms with Crippen molar-refractivity contribution in [1.82, 2.24) is 0 Å². The van der Waals surface area contributed by atoms with E-state index in [1.54, 1.807) is 0 Å². The van der Waals surface area contributed by atoms with Crippen LogP contribution in [0.2, 0.25) is 0 Å². The van der Waals surface area contributed by atoms with Crippen molar-refractivity contribution in [1.29, 1.82) is 0 Å². The standard InChI is InChI=1S/C10H18/c1-2-10-8-6-4-3-5-7-9-10/h2,10H,1,3-9H2. The molecule has 0 heteroatoms. The van der Waals surface area contributed by atoms with Gasteiger partial charge in [0.15, 0.2) is 0 Å². The summed E-state index contributed by atoms with van der Waals surface area (Å²) in [7, 11) is 0. The Balaban J connectivity index is 2.22. The number of rotatable bonds is 1. The van der Waals surface area contributed by atoms with Gasteiger partial charge in [-0.15, -0.1) is 6.58 Å². The second-order valence-electron chi connectivity index (χ2n) is 3.34. The van der Waals surface area contributed by atoms with Crippen molar-refractivity contribution < 1.29 is 0 Å². The Morgan fingerprint density at radius 2 is 1.40 bits per heavy atom. The monoisotopic (exact) mass is 138 g/mol. The van der Waals surface area contributed by atoms with Crippen LogP contribution < -0.4 is 0 Å². The van der Waals surface area contributed by atoms with Gasteiger partial charge in [0, 0.05) is 0 Å². The molecule has 0 bridgehead atoms. The maximum absolute atomic E-state index is 3.86. The first kappa shape index (κ1) is 7.84. The van der Waals surface area contributed by atoms with E-state index in [4.69, 9.17) is 0 Å². The van der Waals surface area contributed by atoms with Gasteiger partial charge in [0.25, 0.3) is 0 Å². The minimum Gasteiger partial charge on any atom is -0.103 e. The summed E-state index contributed by atoms with van der Waals surface area (Å²) < 4.78 is 0. The summed E-state index contributed by atoms with van der Waals surface area (Å²) in [4.78, 5) is 0. The van der Waals surface area contributed by atoms with Gasteiger partial charge in [-0.1, -0.05) is 38.2 Å². The summed E-state index contributed by atoms with van der Waals surface area (Å²) in [5, 5.41) is 0. The van der Waals surface area contributed by atoms with Crippen molar-refractivity contribution in [2.24, 2.45) is 5.92 Å². The number of hydrogen-bond donors (Lipinski definition) is 0. The van der Waals surface area contributed by atoms with Gasteiger partial charge >= 0.3 is 0 Å². The lowest BCUT2D eigenvalue weighted by molar-refractivity contribution is 0.435. The molecule has 0 saturated heterocycles. The molecule has 0 aromatic carbocycles. The van der Waals surface area contributed by atoms with Crippen LogP contribution in [0.3, 0.4) is 0 Å².